The smallest absolute Gasteiger partial charge is 0.107 e. The number of rotatable bonds is 5. The number of hydrogen-bond donors (Lipinski definition) is 1. The van der Waals surface area contributed by atoms with Gasteiger partial charge in [0.25, 0.3) is 0 Å². The van der Waals surface area contributed by atoms with E-state index in [1.54, 1.807) is 0 Å². The molecule has 1 aliphatic heterocycles. The lowest BCUT2D eigenvalue weighted by Crippen LogP contribution is -2.22. The van der Waals surface area contributed by atoms with E-state index in [0.29, 0.717) is 17.2 Å². The Hall–Kier alpha value is 0.290. The molecule has 1 aromatic heterocycles. The maximum Gasteiger partial charge on any atom is 0.107 e. The summed E-state index contributed by atoms with van der Waals surface area (Å²) in [6, 6.07) is 0.533. The molecule has 0 amide bonds. The second-order valence-electron chi connectivity index (χ2n) is 5.49. The fourth-order valence-corrected chi connectivity index (χ4v) is 6.18. The van der Waals surface area contributed by atoms with Gasteiger partial charge in [-0.3, -0.25) is 0 Å². The van der Waals surface area contributed by atoms with Gasteiger partial charge < -0.3 is 5.32 Å². The Morgan fingerprint density at radius 3 is 2.63 bits per heavy atom. The van der Waals surface area contributed by atoms with Crippen LogP contribution in [0.4, 0.5) is 0 Å². The number of thioether (sulfide) groups is 2. The summed E-state index contributed by atoms with van der Waals surface area (Å²) < 4.78 is 0. The maximum absolute atomic E-state index is 4.96. The van der Waals surface area contributed by atoms with Crippen LogP contribution in [0.15, 0.2) is 0 Å². The van der Waals surface area contributed by atoms with Crippen molar-refractivity contribution in [2.75, 3.05) is 17.3 Å². The highest BCUT2D eigenvalue weighted by Gasteiger charge is 2.23. The van der Waals surface area contributed by atoms with E-state index in [9.17, 15) is 0 Å². The van der Waals surface area contributed by atoms with Crippen molar-refractivity contribution in [3.63, 3.8) is 0 Å². The van der Waals surface area contributed by atoms with Gasteiger partial charge in [0.05, 0.1) is 10.9 Å². The molecular formula is C14H24N2S3. The monoisotopic (exact) mass is 316 g/mol. The van der Waals surface area contributed by atoms with Crippen LogP contribution < -0.4 is 5.32 Å². The molecule has 2 heterocycles. The molecule has 2 nitrogen and oxygen atoms in total. The maximum atomic E-state index is 4.96. The molecule has 108 valence electrons. The van der Waals surface area contributed by atoms with Crippen molar-refractivity contribution in [3.05, 3.63) is 15.6 Å². The molecule has 1 fully saturated rings. The summed E-state index contributed by atoms with van der Waals surface area (Å²) in [5.41, 5.74) is 1.31. The van der Waals surface area contributed by atoms with Gasteiger partial charge in [0, 0.05) is 34.7 Å². The average molecular weight is 317 g/mol. The number of aromatic nitrogens is 1. The van der Waals surface area contributed by atoms with Crippen molar-refractivity contribution in [3.8, 4) is 0 Å². The summed E-state index contributed by atoms with van der Waals surface area (Å²) in [5, 5.41) is 5.50. The SMILES string of the molecule is CC(C)NCc1sc(C2CSCCS2)nc1C(C)C. The Balaban J connectivity index is 2.13. The Kier molecular flexibility index (Phi) is 6.06. The summed E-state index contributed by atoms with van der Waals surface area (Å²) in [5.74, 6) is 4.32. The van der Waals surface area contributed by atoms with Crippen LogP contribution in [-0.4, -0.2) is 28.3 Å². The highest BCUT2D eigenvalue weighted by molar-refractivity contribution is 8.06. The third kappa shape index (κ3) is 4.38. The minimum Gasteiger partial charge on any atom is -0.310 e. The van der Waals surface area contributed by atoms with E-state index in [0.717, 1.165) is 6.54 Å². The lowest BCUT2D eigenvalue weighted by molar-refractivity contribution is 0.588. The molecule has 0 spiro atoms. The van der Waals surface area contributed by atoms with Crippen molar-refractivity contribution in [2.24, 2.45) is 0 Å². The van der Waals surface area contributed by atoms with Crippen LogP contribution in [0.2, 0.25) is 0 Å². The normalized spacial score (nSPS) is 20.4. The predicted molar refractivity (Wildman–Crippen MR) is 90.7 cm³/mol. The van der Waals surface area contributed by atoms with Gasteiger partial charge in [-0.2, -0.15) is 11.8 Å². The molecule has 1 N–H and O–H groups in total. The molecule has 19 heavy (non-hydrogen) atoms. The fraction of sp³-hybridized carbons (Fsp3) is 0.786. The average Bonchev–Trinajstić information content (AvgIpc) is 2.81. The fourth-order valence-electron chi connectivity index (χ4n) is 2.03. The highest BCUT2D eigenvalue weighted by atomic mass is 32.2. The number of thiazole rings is 1. The molecule has 1 unspecified atom stereocenters. The van der Waals surface area contributed by atoms with Gasteiger partial charge >= 0.3 is 0 Å². The van der Waals surface area contributed by atoms with Crippen LogP contribution >= 0.6 is 34.9 Å². The van der Waals surface area contributed by atoms with Gasteiger partial charge in [-0.25, -0.2) is 4.98 Å². The van der Waals surface area contributed by atoms with E-state index in [2.05, 4.69) is 56.5 Å². The molecule has 1 atom stereocenters. The Morgan fingerprint density at radius 2 is 2.05 bits per heavy atom. The number of nitrogens with zero attached hydrogens (tertiary/aromatic N) is 1. The van der Waals surface area contributed by atoms with Crippen LogP contribution in [0.1, 0.15) is 54.4 Å². The molecule has 1 aliphatic rings. The molecular weight excluding hydrogens is 292 g/mol. The molecule has 0 radical (unpaired) electrons. The molecule has 1 aromatic rings. The molecule has 5 heteroatoms. The summed E-state index contributed by atoms with van der Waals surface area (Å²) in [6.45, 7) is 9.86. The van der Waals surface area contributed by atoms with Crippen LogP contribution in [0, 0.1) is 0 Å². The van der Waals surface area contributed by atoms with Gasteiger partial charge in [-0.05, 0) is 5.92 Å². The molecule has 1 saturated heterocycles. The molecule has 0 aliphatic carbocycles. The van der Waals surface area contributed by atoms with E-state index in [-0.39, 0.29) is 0 Å². The highest BCUT2D eigenvalue weighted by Crippen LogP contribution is 2.40. The van der Waals surface area contributed by atoms with Crippen molar-refractivity contribution in [2.45, 2.75) is 51.4 Å². The van der Waals surface area contributed by atoms with E-state index in [4.69, 9.17) is 4.98 Å². The van der Waals surface area contributed by atoms with E-state index in [1.807, 2.05) is 11.3 Å². The zero-order valence-corrected chi connectivity index (χ0v) is 14.7. The lowest BCUT2D eigenvalue weighted by Gasteiger charge is -2.18. The summed E-state index contributed by atoms with van der Waals surface area (Å²) >= 11 is 6.08. The van der Waals surface area contributed by atoms with Crippen LogP contribution in [-0.2, 0) is 6.54 Å². The Bertz CT molecular complexity index is 395. The van der Waals surface area contributed by atoms with Crippen LogP contribution in [0.5, 0.6) is 0 Å². The quantitative estimate of drug-likeness (QED) is 0.876. The van der Waals surface area contributed by atoms with Crippen molar-refractivity contribution < 1.29 is 0 Å². The van der Waals surface area contributed by atoms with Gasteiger partial charge in [0.1, 0.15) is 5.01 Å². The topological polar surface area (TPSA) is 24.9 Å². The third-order valence-corrected chi connectivity index (χ3v) is 7.15. The van der Waals surface area contributed by atoms with Crippen molar-refractivity contribution in [1.82, 2.24) is 10.3 Å². The first kappa shape index (κ1) is 15.7. The van der Waals surface area contributed by atoms with Gasteiger partial charge in [-0.1, -0.05) is 27.7 Å². The standard InChI is InChI=1S/C14H24N2S3/c1-9(2)13-11(7-15-10(3)4)19-14(16-13)12-8-17-5-6-18-12/h9-10,12,15H,5-8H2,1-4H3. The lowest BCUT2D eigenvalue weighted by atomic mass is 10.1. The molecule has 0 aromatic carbocycles. The number of nitrogens with one attached hydrogen (secondary N) is 1. The van der Waals surface area contributed by atoms with E-state index in [1.165, 1.54) is 32.8 Å². The first-order valence-electron chi connectivity index (χ1n) is 7.00. The largest absolute Gasteiger partial charge is 0.310 e. The number of hydrogen-bond acceptors (Lipinski definition) is 5. The predicted octanol–water partition coefficient (Wildman–Crippen LogP) is 4.29. The Morgan fingerprint density at radius 1 is 1.26 bits per heavy atom. The van der Waals surface area contributed by atoms with Crippen molar-refractivity contribution >= 4 is 34.9 Å². The van der Waals surface area contributed by atoms with Gasteiger partial charge in [-0.15, -0.1) is 23.1 Å². The first-order valence-corrected chi connectivity index (χ1v) is 10.0. The summed E-state index contributed by atoms with van der Waals surface area (Å²) in [4.78, 5) is 6.40. The second-order valence-corrected chi connectivity index (χ2v) is 9.06. The minimum absolute atomic E-state index is 0.523. The van der Waals surface area contributed by atoms with Crippen molar-refractivity contribution in [1.29, 1.82) is 0 Å². The van der Waals surface area contributed by atoms with Crippen LogP contribution in [0.3, 0.4) is 0 Å². The summed E-state index contributed by atoms with van der Waals surface area (Å²) in [7, 11) is 0. The molecule has 0 saturated carbocycles. The first-order chi connectivity index (χ1) is 9.08. The van der Waals surface area contributed by atoms with E-state index >= 15 is 0 Å². The second kappa shape index (κ2) is 7.34. The van der Waals surface area contributed by atoms with Gasteiger partial charge in [0.15, 0.2) is 0 Å². The Labute approximate surface area is 129 Å². The van der Waals surface area contributed by atoms with Gasteiger partial charge in [0.2, 0.25) is 0 Å². The van der Waals surface area contributed by atoms with E-state index < -0.39 is 0 Å². The zero-order valence-electron chi connectivity index (χ0n) is 12.2. The van der Waals surface area contributed by atoms with Crippen LogP contribution in [0.25, 0.3) is 0 Å². The molecule has 0 bridgehead atoms. The summed E-state index contributed by atoms with van der Waals surface area (Å²) in [6.07, 6.45) is 0. The molecule has 2 rings (SSSR count). The third-order valence-electron chi connectivity index (χ3n) is 3.05. The minimum atomic E-state index is 0.523. The zero-order chi connectivity index (χ0) is 13.8.